The monoisotopic (exact) mass is 475 g/mol. The number of rotatable bonds is 2. The normalized spacial score (nSPS) is 22.9. The summed E-state index contributed by atoms with van der Waals surface area (Å²) in [7, 11) is 1.65. The molecule has 1 amide bonds. The minimum atomic E-state index is -1.35. The highest BCUT2D eigenvalue weighted by molar-refractivity contribution is 9.10. The van der Waals surface area contributed by atoms with Gasteiger partial charge in [0.05, 0.1) is 30.1 Å². The average Bonchev–Trinajstić information content (AvgIpc) is 3.35. The third kappa shape index (κ3) is 2.56. The summed E-state index contributed by atoms with van der Waals surface area (Å²) in [6.45, 7) is 0. The summed E-state index contributed by atoms with van der Waals surface area (Å²) in [5.41, 5.74) is 3.06. The number of halogens is 1. The number of hydrazone groups is 1. The van der Waals surface area contributed by atoms with Crippen LogP contribution >= 0.6 is 15.9 Å². The van der Waals surface area contributed by atoms with Crippen LogP contribution in [0.3, 0.4) is 0 Å². The van der Waals surface area contributed by atoms with Gasteiger partial charge in [-0.15, -0.1) is 0 Å². The lowest BCUT2D eigenvalue weighted by molar-refractivity contribution is -0.161. The van der Waals surface area contributed by atoms with Crippen LogP contribution in [0.2, 0.25) is 0 Å². The summed E-state index contributed by atoms with van der Waals surface area (Å²) < 4.78 is 12.6. The minimum Gasteiger partial charge on any atom is -0.497 e. The van der Waals surface area contributed by atoms with Crippen LogP contribution in [0.5, 0.6) is 11.5 Å². The standard InChI is InChI=1S/C24H18BrN3O3/c1-30-16-9-6-14(7-10-16)20-13-21-17-4-2-3-5-22(17)31-24(28(21)27-20)18-12-15(25)8-11-19(18)26-23(24)29/h2-12,21H,13H2,1H3,(H,26,29). The van der Waals surface area contributed by atoms with Gasteiger partial charge in [-0.25, -0.2) is 5.01 Å². The molecule has 0 aliphatic carbocycles. The second-order valence-electron chi connectivity index (χ2n) is 7.77. The number of carbonyl (C=O) groups is 1. The van der Waals surface area contributed by atoms with Gasteiger partial charge in [-0.3, -0.25) is 4.79 Å². The molecule has 3 aromatic carbocycles. The lowest BCUT2D eigenvalue weighted by Crippen LogP contribution is -2.55. The molecule has 154 valence electrons. The van der Waals surface area contributed by atoms with Crippen LogP contribution in [0.4, 0.5) is 5.69 Å². The molecule has 0 saturated heterocycles. The first-order chi connectivity index (χ1) is 15.1. The third-order valence-corrected chi connectivity index (χ3v) is 6.59. The molecule has 3 aromatic rings. The van der Waals surface area contributed by atoms with Crippen molar-refractivity contribution in [3.63, 3.8) is 0 Å². The Morgan fingerprint density at radius 1 is 1.16 bits per heavy atom. The van der Waals surface area contributed by atoms with Crippen molar-refractivity contribution >= 4 is 33.2 Å². The van der Waals surface area contributed by atoms with Gasteiger partial charge in [-0.05, 0) is 54.1 Å². The van der Waals surface area contributed by atoms with Gasteiger partial charge in [0.25, 0.3) is 5.91 Å². The number of para-hydroxylation sites is 1. The molecular formula is C24H18BrN3O3. The molecule has 3 aliphatic heterocycles. The van der Waals surface area contributed by atoms with Crippen LogP contribution in [0.1, 0.15) is 29.2 Å². The van der Waals surface area contributed by atoms with E-state index in [1.807, 2.05) is 71.7 Å². The zero-order valence-electron chi connectivity index (χ0n) is 16.6. The van der Waals surface area contributed by atoms with Gasteiger partial charge in [0, 0.05) is 16.5 Å². The molecule has 7 heteroatoms. The van der Waals surface area contributed by atoms with Crippen LogP contribution < -0.4 is 14.8 Å². The molecule has 1 N–H and O–H groups in total. The molecular weight excluding hydrogens is 458 g/mol. The first-order valence-corrected chi connectivity index (χ1v) is 10.8. The summed E-state index contributed by atoms with van der Waals surface area (Å²) in [6, 6.07) is 21.3. The maximum absolute atomic E-state index is 13.4. The molecule has 3 aliphatic rings. The summed E-state index contributed by atoms with van der Waals surface area (Å²) >= 11 is 3.54. The Morgan fingerprint density at radius 3 is 2.77 bits per heavy atom. The van der Waals surface area contributed by atoms with Gasteiger partial charge in [0.15, 0.2) is 0 Å². The average molecular weight is 476 g/mol. The lowest BCUT2D eigenvalue weighted by Gasteiger charge is -2.44. The number of carbonyl (C=O) groups excluding carboxylic acids is 1. The summed E-state index contributed by atoms with van der Waals surface area (Å²) in [6.07, 6.45) is 0.672. The molecule has 3 heterocycles. The fourth-order valence-corrected chi connectivity index (χ4v) is 4.98. The maximum atomic E-state index is 13.4. The molecule has 31 heavy (non-hydrogen) atoms. The van der Waals surface area contributed by atoms with Crippen molar-refractivity contribution in [2.45, 2.75) is 18.2 Å². The predicted molar refractivity (Wildman–Crippen MR) is 120 cm³/mol. The van der Waals surface area contributed by atoms with E-state index in [0.29, 0.717) is 12.2 Å². The number of ether oxygens (including phenoxy) is 2. The van der Waals surface area contributed by atoms with Crippen molar-refractivity contribution in [2.75, 3.05) is 12.4 Å². The van der Waals surface area contributed by atoms with Gasteiger partial charge in [-0.2, -0.15) is 5.10 Å². The SMILES string of the molecule is COc1ccc(C2=NN3C(C2)c2ccccc2OC32C(=O)Nc3ccc(Br)cc32)cc1. The highest BCUT2D eigenvalue weighted by Crippen LogP contribution is 2.54. The largest absolute Gasteiger partial charge is 0.497 e. The van der Waals surface area contributed by atoms with Crippen molar-refractivity contribution in [3.8, 4) is 11.5 Å². The van der Waals surface area contributed by atoms with Crippen LogP contribution in [0.25, 0.3) is 0 Å². The van der Waals surface area contributed by atoms with E-state index in [1.165, 1.54) is 0 Å². The molecule has 1 spiro atoms. The van der Waals surface area contributed by atoms with Crippen molar-refractivity contribution in [2.24, 2.45) is 5.10 Å². The van der Waals surface area contributed by atoms with E-state index in [-0.39, 0.29) is 11.9 Å². The number of nitrogens with zero attached hydrogens (tertiary/aromatic N) is 2. The predicted octanol–water partition coefficient (Wildman–Crippen LogP) is 4.81. The fourth-order valence-electron chi connectivity index (χ4n) is 4.62. The smallest absolute Gasteiger partial charge is 0.306 e. The van der Waals surface area contributed by atoms with Crippen LogP contribution in [0.15, 0.2) is 76.3 Å². The van der Waals surface area contributed by atoms with E-state index < -0.39 is 5.72 Å². The van der Waals surface area contributed by atoms with Gasteiger partial charge < -0.3 is 14.8 Å². The Balaban J connectivity index is 1.54. The topological polar surface area (TPSA) is 63.2 Å². The molecule has 0 saturated carbocycles. The highest BCUT2D eigenvalue weighted by atomic mass is 79.9. The zero-order chi connectivity index (χ0) is 21.2. The maximum Gasteiger partial charge on any atom is 0.306 e. The van der Waals surface area contributed by atoms with E-state index in [0.717, 1.165) is 38.3 Å². The number of hydrogen-bond donors (Lipinski definition) is 1. The lowest BCUT2D eigenvalue weighted by atomic mass is 9.92. The van der Waals surface area contributed by atoms with Crippen molar-refractivity contribution in [1.82, 2.24) is 5.01 Å². The zero-order valence-corrected chi connectivity index (χ0v) is 18.2. The first-order valence-electron chi connectivity index (χ1n) is 10.0. The second-order valence-corrected chi connectivity index (χ2v) is 8.68. The van der Waals surface area contributed by atoms with Crippen molar-refractivity contribution < 1.29 is 14.3 Å². The molecule has 2 unspecified atom stereocenters. The number of amides is 1. The molecule has 2 atom stereocenters. The van der Waals surface area contributed by atoms with Gasteiger partial charge in [0.1, 0.15) is 11.5 Å². The van der Waals surface area contributed by atoms with Crippen LogP contribution in [-0.4, -0.2) is 23.7 Å². The molecule has 0 bridgehead atoms. The number of hydrogen-bond acceptors (Lipinski definition) is 5. The first kappa shape index (κ1) is 18.4. The molecule has 6 rings (SSSR count). The molecule has 0 fully saturated rings. The molecule has 0 radical (unpaired) electrons. The summed E-state index contributed by atoms with van der Waals surface area (Å²) in [4.78, 5) is 13.4. The Hall–Kier alpha value is -3.32. The fraction of sp³-hybridized carbons (Fsp3) is 0.167. The van der Waals surface area contributed by atoms with E-state index in [4.69, 9.17) is 14.6 Å². The quantitative estimate of drug-likeness (QED) is 0.577. The van der Waals surface area contributed by atoms with E-state index in [2.05, 4.69) is 21.2 Å². The van der Waals surface area contributed by atoms with Crippen LogP contribution in [0, 0.1) is 0 Å². The third-order valence-electron chi connectivity index (χ3n) is 6.09. The van der Waals surface area contributed by atoms with Gasteiger partial charge >= 0.3 is 5.72 Å². The number of anilines is 1. The summed E-state index contributed by atoms with van der Waals surface area (Å²) in [5, 5.41) is 9.78. The Labute approximate surface area is 187 Å². The second kappa shape index (κ2) is 6.59. The number of benzene rings is 3. The molecule has 6 nitrogen and oxygen atoms in total. The summed E-state index contributed by atoms with van der Waals surface area (Å²) in [5.74, 6) is 1.26. The minimum absolute atomic E-state index is 0.113. The van der Waals surface area contributed by atoms with Crippen molar-refractivity contribution in [3.05, 3.63) is 87.9 Å². The highest BCUT2D eigenvalue weighted by Gasteiger charge is 2.60. The Bertz CT molecular complexity index is 1260. The van der Waals surface area contributed by atoms with Crippen molar-refractivity contribution in [1.29, 1.82) is 0 Å². The molecule has 0 aromatic heterocycles. The number of nitrogens with one attached hydrogen (secondary N) is 1. The van der Waals surface area contributed by atoms with E-state index in [9.17, 15) is 4.79 Å². The Kier molecular flexibility index (Phi) is 3.92. The number of methoxy groups -OCH3 is 1. The van der Waals surface area contributed by atoms with Crippen LogP contribution in [-0.2, 0) is 10.5 Å². The van der Waals surface area contributed by atoms with E-state index in [1.54, 1.807) is 7.11 Å². The van der Waals surface area contributed by atoms with Gasteiger partial charge in [0.2, 0.25) is 0 Å². The number of fused-ring (bicyclic) bond motifs is 6. The van der Waals surface area contributed by atoms with Gasteiger partial charge in [-0.1, -0.05) is 34.1 Å². The van der Waals surface area contributed by atoms with E-state index >= 15 is 0 Å². The Morgan fingerprint density at radius 2 is 1.97 bits per heavy atom.